The van der Waals surface area contributed by atoms with Crippen LogP contribution in [0.2, 0.25) is 0 Å². The quantitative estimate of drug-likeness (QED) is 0.815. The third-order valence-corrected chi connectivity index (χ3v) is 3.69. The van der Waals surface area contributed by atoms with Crippen molar-refractivity contribution in [3.8, 4) is 0 Å². The minimum absolute atomic E-state index is 1.13. The van der Waals surface area contributed by atoms with Crippen LogP contribution in [-0.2, 0) is 0 Å². The molecule has 2 heteroatoms. The summed E-state index contributed by atoms with van der Waals surface area (Å²) in [5, 5.41) is 2.08. The zero-order chi connectivity index (χ0) is 14.5. The number of hydrogen-bond donors (Lipinski definition) is 1. The molecule has 2 nitrogen and oxygen atoms in total. The molecule has 0 bridgehead atoms. The van der Waals surface area contributed by atoms with Crippen LogP contribution >= 0.6 is 0 Å². The number of rotatable bonds is 4. The van der Waals surface area contributed by atoms with Gasteiger partial charge < -0.3 is 0 Å². The second kappa shape index (κ2) is 6.42. The number of allylic oxidation sites excluding steroid dienone is 4. The molecule has 0 atom stereocenters. The van der Waals surface area contributed by atoms with Gasteiger partial charge in [-0.3, -0.25) is 5.01 Å². The van der Waals surface area contributed by atoms with E-state index in [-0.39, 0.29) is 0 Å². The highest BCUT2D eigenvalue weighted by molar-refractivity contribution is 5.76. The normalized spacial score (nSPS) is 13.9. The predicted octanol–water partition coefficient (Wildman–Crippen LogP) is 4.69. The molecule has 3 rings (SSSR count). The van der Waals surface area contributed by atoms with E-state index in [1.807, 2.05) is 25.2 Å². The fourth-order valence-corrected chi connectivity index (χ4v) is 2.61. The van der Waals surface area contributed by atoms with Crippen molar-refractivity contribution in [2.45, 2.75) is 12.8 Å². The Morgan fingerprint density at radius 2 is 1.57 bits per heavy atom. The van der Waals surface area contributed by atoms with Crippen molar-refractivity contribution >= 4 is 16.9 Å². The van der Waals surface area contributed by atoms with Gasteiger partial charge in [0.05, 0.1) is 11.4 Å². The van der Waals surface area contributed by atoms with E-state index >= 15 is 0 Å². The predicted molar refractivity (Wildman–Crippen MR) is 90.4 cm³/mol. The average Bonchev–Trinajstić information content (AvgIpc) is 2.58. The van der Waals surface area contributed by atoms with Crippen molar-refractivity contribution < 1.29 is 0 Å². The molecule has 106 valence electrons. The van der Waals surface area contributed by atoms with Gasteiger partial charge in [0.1, 0.15) is 0 Å². The van der Waals surface area contributed by atoms with Crippen LogP contribution in [0.25, 0.3) is 5.57 Å². The van der Waals surface area contributed by atoms with E-state index in [4.69, 9.17) is 0 Å². The zero-order valence-electron chi connectivity index (χ0n) is 12.3. The summed E-state index contributed by atoms with van der Waals surface area (Å²) in [6, 6.07) is 19.0. The molecule has 0 saturated carbocycles. The number of anilines is 2. The number of hydrogen-bond acceptors (Lipinski definition) is 2. The molecule has 0 unspecified atom stereocenters. The smallest absolute Gasteiger partial charge is 0.0578 e. The Morgan fingerprint density at radius 1 is 0.857 bits per heavy atom. The van der Waals surface area contributed by atoms with Gasteiger partial charge >= 0.3 is 0 Å². The summed E-state index contributed by atoms with van der Waals surface area (Å²) in [5.74, 6) is 0. The van der Waals surface area contributed by atoms with Crippen LogP contribution in [0.15, 0.2) is 72.8 Å². The Kier molecular flexibility index (Phi) is 4.17. The van der Waals surface area contributed by atoms with E-state index < -0.39 is 0 Å². The molecule has 1 aliphatic rings. The number of para-hydroxylation sites is 1. The largest absolute Gasteiger partial charge is 0.277 e. The molecule has 0 aromatic heterocycles. The fraction of sp³-hybridized carbons (Fsp3) is 0.158. The molecule has 0 amide bonds. The van der Waals surface area contributed by atoms with E-state index in [1.54, 1.807) is 0 Å². The van der Waals surface area contributed by atoms with Crippen molar-refractivity contribution in [2.24, 2.45) is 0 Å². The van der Waals surface area contributed by atoms with Crippen LogP contribution in [0.1, 0.15) is 18.4 Å². The van der Waals surface area contributed by atoms with Crippen molar-refractivity contribution in [3.63, 3.8) is 0 Å². The maximum Gasteiger partial charge on any atom is 0.0578 e. The molecule has 1 N–H and O–H groups in total. The number of nitrogens with zero attached hydrogens (tertiary/aromatic N) is 1. The van der Waals surface area contributed by atoms with Gasteiger partial charge in [-0.1, -0.05) is 48.6 Å². The zero-order valence-corrected chi connectivity index (χ0v) is 12.3. The topological polar surface area (TPSA) is 15.3 Å². The van der Waals surface area contributed by atoms with Gasteiger partial charge in [-0.2, -0.15) is 0 Å². The average molecular weight is 276 g/mol. The molecule has 2 aromatic rings. The second-order valence-electron chi connectivity index (χ2n) is 5.08. The molecular formula is C19H20N2. The maximum absolute atomic E-state index is 3.24. The number of hydrazine groups is 1. The summed E-state index contributed by atoms with van der Waals surface area (Å²) in [6.45, 7) is 0. The molecule has 1 aliphatic carbocycles. The highest BCUT2D eigenvalue weighted by Crippen LogP contribution is 2.26. The molecule has 0 spiro atoms. The number of nitrogens with one attached hydrogen (secondary N) is 1. The summed E-state index contributed by atoms with van der Waals surface area (Å²) < 4.78 is 0. The molecular weight excluding hydrogens is 256 g/mol. The Bertz CT molecular complexity index is 639. The molecule has 0 aliphatic heterocycles. The summed E-state index contributed by atoms with van der Waals surface area (Å²) >= 11 is 0. The van der Waals surface area contributed by atoms with Crippen LogP contribution in [-0.4, -0.2) is 7.05 Å². The van der Waals surface area contributed by atoms with Gasteiger partial charge in [0.2, 0.25) is 0 Å². The third-order valence-electron chi connectivity index (χ3n) is 3.69. The lowest BCUT2D eigenvalue weighted by atomic mass is 9.99. The Labute approximate surface area is 126 Å². The van der Waals surface area contributed by atoms with Crippen molar-refractivity contribution in [1.29, 1.82) is 0 Å². The van der Waals surface area contributed by atoms with Gasteiger partial charge in [-0.15, -0.1) is 0 Å². The van der Waals surface area contributed by atoms with Gasteiger partial charge in [-0.05, 0) is 48.2 Å². The first-order chi connectivity index (χ1) is 10.4. The molecule has 0 fully saturated rings. The van der Waals surface area contributed by atoms with Crippen molar-refractivity contribution in [1.82, 2.24) is 5.43 Å². The Hall–Kier alpha value is -2.32. The van der Waals surface area contributed by atoms with Crippen molar-refractivity contribution in [2.75, 3.05) is 12.1 Å². The van der Waals surface area contributed by atoms with Gasteiger partial charge in [0.25, 0.3) is 0 Å². The summed E-state index contributed by atoms with van der Waals surface area (Å²) in [4.78, 5) is 0. The lowest BCUT2D eigenvalue weighted by Gasteiger charge is -2.24. The first kappa shape index (κ1) is 13.7. The van der Waals surface area contributed by atoms with E-state index in [2.05, 4.69) is 65.1 Å². The summed E-state index contributed by atoms with van der Waals surface area (Å²) in [7, 11) is 1.94. The monoisotopic (exact) mass is 276 g/mol. The fourth-order valence-electron chi connectivity index (χ4n) is 2.61. The first-order valence-corrected chi connectivity index (χ1v) is 7.38. The summed E-state index contributed by atoms with van der Waals surface area (Å²) in [6.07, 6.45) is 9.06. The van der Waals surface area contributed by atoms with Crippen LogP contribution in [0.3, 0.4) is 0 Å². The third kappa shape index (κ3) is 3.06. The van der Waals surface area contributed by atoms with Gasteiger partial charge in [-0.25, -0.2) is 5.43 Å². The van der Waals surface area contributed by atoms with E-state index in [1.165, 1.54) is 11.1 Å². The Morgan fingerprint density at radius 3 is 2.19 bits per heavy atom. The second-order valence-corrected chi connectivity index (χ2v) is 5.08. The molecule has 21 heavy (non-hydrogen) atoms. The summed E-state index contributed by atoms with van der Waals surface area (Å²) in [5.41, 5.74) is 8.10. The lowest BCUT2D eigenvalue weighted by Crippen LogP contribution is -2.29. The van der Waals surface area contributed by atoms with Crippen LogP contribution < -0.4 is 10.4 Å². The maximum atomic E-state index is 3.24. The molecule has 0 radical (unpaired) electrons. The van der Waals surface area contributed by atoms with E-state index in [0.717, 1.165) is 24.2 Å². The first-order valence-electron chi connectivity index (χ1n) is 7.38. The van der Waals surface area contributed by atoms with Crippen LogP contribution in [0, 0.1) is 0 Å². The van der Waals surface area contributed by atoms with Gasteiger partial charge in [0.15, 0.2) is 0 Å². The van der Waals surface area contributed by atoms with Gasteiger partial charge in [0, 0.05) is 7.05 Å². The van der Waals surface area contributed by atoms with Crippen LogP contribution in [0.5, 0.6) is 0 Å². The minimum atomic E-state index is 1.13. The minimum Gasteiger partial charge on any atom is -0.277 e. The highest BCUT2D eigenvalue weighted by Gasteiger charge is 2.07. The van der Waals surface area contributed by atoms with E-state index in [0.29, 0.717) is 0 Å². The standard InChI is InChI=1S/C19H20N2/c1-20-21(18-10-6-3-7-11-18)19-14-12-17(13-15-19)16-8-4-2-5-9-16/h3-4,6-15,20H,2,5H2,1H3. The molecule has 0 heterocycles. The SMILES string of the molecule is CNN(c1ccccc1)c1ccc(C2=CCCC=C2)cc1. The van der Waals surface area contributed by atoms with Crippen LogP contribution in [0.4, 0.5) is 11.4 Å². The Balaban J connectivity index is 1.86. The highest BCUT2D eigenvalue weighted by atomic mass is 15.5. The lowest BCUT2D eigenvalue weighted by molar-refractivity contribution is 0.835. The molecule has 2 aromatic carbocycles. The van der Waals surface area contributed by atoms with Crippen molar-refractivity contribution in [3.05, 3.63) is 78.4 Å². The van der Waals surface area contributed by atoms with E-state index in [9.17, 15) is 0 Å². The number of benzene rings is 2. The molecule has 0 saturated heterocycles.